The van der Waals surface area contributed by atoms with Gasteiger partial charge in [-0.05, 0) is 41.3 Å². The Morgan fingerprint density at radius 2 is 1.74 bits per heavy atom. The zero-order valence-corrected chi connectivity index (χ0v) is 14.0. The van der Waals surface area contributed by atoms with Gasteiger partial charge in [0.15, 0.2) is 0 Å². The van der Waals surface area contributed by atoms with E-state index in [1.807, 2.05) is 36.4 Å². The minimum Gasteiger partial charge on any atom is -0.497 e. The molecule has 0 fully saturated rings. The minimum absolute atomic E-state index is 0.194. The van der Waals surface area contributed by atoms with Crippen LogP contribution in [0.1, 0.15) is 43.2 Å². The van der Waals surface area contributed by atoms with Crippen molar-refractivity contribution in [1.29, 1.82) is 5.26 Å². The summed E-state index contributed by atoms with van der Waals surface area (Å²) in [5, 5.41) is 9.39. The third-order valence-corrected chi connectivity index (χ3v) is 3.87. The topological polar surface area (TPSA) is 42.2 Å². The van der Waals surface area contributed by atoms with E-state index in [2.05, 4.69) is 32.0 Å². The minimum atomic E-state index is -0.194. The molecule has 0 aliphatic rings. The lowest BCUT2D eigenvalue weighted by Crippen LogP contribution is -2.05. The first-order chi connectivity index (χ1) is 11.1. The summed E-state index contributed by atoms with van der Waals surface area (Å²) < 4.78 is 11.0. The number of rotatable bonds is 7. The zero-order valence-electron chi connectivity index (χ0n) is 14.0. The third kappa shape index (κ3) is 4.75. The van der Waals surface area contributed by atoms with Crippen LogP contribution in [-0.4, -0.2) is 13.7 Å². The molecule has 0 N–H and O–H groups in total. The Morgan fingerprint density at radius 3 is 2.35 bits per heavy atom. The first-order valence-corrected chi connectivity index (χ1v) is 7.90. The maximum atomic E-state index is 9.39. The summed E-state index contributed by atoms with van der Waals surface area (Å²) in [6.07, 6.45) is 0.648. The normalized spacial score (nSPS) is 11.8. The summed E-state index contributed by atoms with van der Waals surface area (Å²) in [6.45, 7) is 4.85. The van der Waals surface area contributed by atoms with E-state index >= 15 is 0 Å². The molecule has 0 aliphatic heterocycles. The molecule has 0 aliphatic carbocycles. The van der Waals surface area contributed by atoms with Gasteiger partial charge in [-0.1, -0.05) is 38.1 Å². The highest BCUT2D eigenvalue weighted by molar-refractivity contribution is 5.33. The molecule has 0 spiro atoms. The van der Waals surface area contributed by atoms with Crippen molar-refractivity contribution in [3.63, 3.8) is 0 Å². The summed E-state index contributed by atoms with van der Waals surface area (Å²) in [5.41, 5.74) is 2.26. The Morgan fingerprint density at radius 1 is 1.00 bits per heavy atom. The number of nitriles is 1. The van der Waals surface area contributed by atoms with Crippen LogP contribution in [-0.2, 0) is 0 Å². The van der Waals surface area contributed by atoms with E-state index in [-0.39, 0.29) is 5.92 Å². The maximum absolute atomic E-state index is 9.39. The van der Waals surface area contributed by atoms with Crippen molar-refractivity contribution in [2.75, 3.05) is 13.7 Å². The summed E-state index contributed by atoms with van der Waals surface area (Å²) in [5.74, 6) is 1.93. The lowest BCUT2D eigenvalue weighted by molar-refractivity contribution is 0.305. The molecule has 3 nitrogen and oxygen atoms in total. The van der Waals surface area contributed by atoms with Crippen molar-refractivity contribution >= 4 is 0 Å². The second-order valence-electron chi connectivity index (χ2n) is 5.82. The van der Waals surface area contributed by atoms with Crippen molar-refractivity contribution in [3.8, 4) is 17.6 Å². The second-order valence-corrected chi connectivity index (χ2v) is 5.82. The van der Waals surface area contributed by atoms with Gasteiger partial charge in [0, 0.05) is 6.42 Å². The molecule has 2 aromatic carbocycles. The molecular formula is C20H23NO2. The van der Waals surface area contributed by atoms with Crippen molar-refractivity contribution < 1.29 is 9.47 Å². The number of hydrogen-bond donors (Lipinski definition) is 0. The third-order valence-electron chi connectivity index (χ3n) is 3.87. The molecule has 1 atom stereocenters. The molecule has 0 saturated carbocycles. The highest BCUT2D eigenvalue weighted by Crippen LogP contribution is 2.24. The summed E-state index contributed by atoms with van der Waals surface area (Å²) in [7, 11) is 1.63. The molecule has 120 valence electrons. The van der Waals surface area contributed by atoms with Crippen molar-refractivity contribution in [1.82, 2.24) is 0 Å². The Kier molecular flexibility index (Phi) is 6.05. The average molecular weight is 309 g/mol. The number of methoxy groups -OCH3 is 1. The highest BCUT2D eigenvalue weighted by Gasteiger charge is 2.11. The Labute approximate surface area is 138 Å². The molecule has 0 radical (unpaired) electrons. The van der Waals surface area contributed by atoms with Gasteiger partial charge in [-0.15, -0.1) is 0 Å². The van der Waals surface area contributed by atoms with Crippen LogP contribution in [0.4, 0.5) is 0 Å². The van der Waals surface area contributed by atoms with Crippen LogP contribution in [0, 0.1) is 11.3 Å². The van der Waals surface area contributed by atoms with Crippen molar-refractivity contribution in [2.24, 2.45) is 0 Å². The van der Waals surface area contributed by atoms with Gasteiger partial charge in [0.2, 0.25) is 0 Å². The molecular weight excluding hydrogens is 286 g/mol. The van der Waals surface area contributed by atoms with Gasteiger partial charge in [-0.3, -0.25) is 0 Å². The summed E-state index contributed by atoms with van der Waals surface area (Å²) in [6, 6.07) is 18.1. The van der Waals surface area contributed by atoms with Crippen LogP contribution in [0.2, 0.25) is 0 Å². The molecule has 0 heterocycles. The van der Waals surface area contributed by atoms with Gasteiger partial charge in [0.1, 0.15) is 11.5 Å². The predicted molar refractivity (Wildman–Crippen MR) is 92.0 cm³/mol. The highest BCUT2D eigenvalue weighted by atomic mass is 16.5. The monoisotopic (exact) mass is 309 g/mol. The van der Waals surface area contributed by atoms with E-state index in [0.717, 1.165) is 17.1 Å². The Bertz CT molecular complexity index is 656. The standard InChI is InChI=1S/C20H23NO2/c1-15(2)16-7-9-19(10-8-16)23-12-11-18(14-21)17-5-4-6-20(13-17)22-3/h4-10,13,15,18H,11-12H2,1-3H3. The summed E-state index contributed by atoms with van der Waals surface area (Å²) >= 11 is 0. The fourth-order valence-electron chi connectivity index (χ4n) is 2.41. The van der Waals surface area contributed by atoms with Gasteiger partial charge in [-0.25, -0.2) is 0 Å². The molecule has 2 aromatic rings. The molecule has 3 heteroatoms. The first kappa shape index (κ1) is 16.9. The fraction of sp³-hybridized carbons (Fsp3) is 0.350. The lowest BCUT2D eigenvalue weighted by Gasteiger charge is -2.12. The van der Waals surface area contributed by atoms with Crippen LogP contribution in [0.5, 0.6) is 11.5 Å². The van der Waals surface area contributed by atoms with E-state index < -0.39 is 0 Å². The van der Waals surface area contributed by atoms with E-state index in [9.17, 15) is 5.26 Å². The zero-order chi connectivity index (χ0) is 16.7. The van der Waals surface area contributed by atoms with Gasteiger partial charge in [-0.2, -0.15) is 5.26 Å². The van der Waals surface area contributed by atoms with Crippen LogP contribution in [0.25, 0.3) is 0 Å². The first-order valence-electron chi connectivity index (χ1n) is 7.90. The smallest absolute Gasteiger partial charge is 0.119 e. The number of ether oxygens (including phenoxy) is 2. The molecule has 0 bridgehead atoms. The largest absolute Gasteiger partial charge is 0.497 e. The number of benzene rings is 2. The van der Waals surface area contributed by atoms with Gasteiger partial charge in [0.25, 0.3) is 0 Å². The van der Waals surface area contributed by atoms with Crippen LogP contribution in [0.15, 0.2) is 48.5 Å². The molecule has 0 aromatic heterocycles. The molecule has 0 amide bonds. The van der Waals surface area contributed by atoms with E-state index in [4.69, 9.17) is 9.47 Å². The van der Waals surface area contributed by atoms with Crippen LogP contribution < -0.4 is 9.47 Å². The molecule has 2 rings (SSSR count). The quantitative estimate of drug-likeness (QED) is 0.731. The van der Waals surface area contributed by atoms with E-state index in [1.165, 1.54) is 5.56 Å². The van der Waals surface area contributed by atoms with Gasteiger partial charge >= 0.3 is 0 Å². The number of nitrogens with zero attached hydrogens (tertiary/aromatic N) is 1. The average Bonchev–Trinajstić information content (AvgIpc) is 2.59. The van der Waals surface area contributed by atoms with Crippen molar-refractivity contribution in [3.05, 3.63) is 59.7 Å². The summed E-state index contributed by atoms with van der Waals surface area (Å²) in [4.78, 5) is 0. The maximum Gasteiger partial charge on any atom is 0.119 e. The Hall–Kier alpha value is -2.47. The Balaban J connectivity index is 1.92. The molecule has 1 unspecified atom stereocenters. The molecule has 23 heavy (non-hydrogen) atoms. The van der Waals surface area contributed by atoms with Gasteiger partial charge < -0.3 is 9.47 Å². The van der Waals surface area contributed by atoms with Gasteiger partial charge in [0.05, 0.1) is 25.7 Å². The number of hydrogen-bond acceptors (Lipinski definition) is 3. The van der Waals surface area contributed by atoms with E-state index in [1.54, 1.807) is 7.11 Å². The van der Waals surface area contributed by atoms with Crippen molar-refractivity contribution in [2.45, 2.75) is 32.1 Å². The van der Waals surface area contributed by atoms with Crippen LogP contribution in [0.3, 0.4) is 0 Å². The predicted octanol–water partition coefficient (Wildman–Crippen LogP) is 4.89. The fourth-order valence-corrected chi connectivity index (χ4v) is 2.41. The van der Waals surface area contributed by atoms with Crippen LogP contribution >= 0.6 is 0 Å². The lowest BCUT2D eigenvalue weighted by atomic mass is 9.97. The second kappa shape index (κ2) is 8.24. The SMILES string of the molecule is COc1cccc(C(C#N)CCOc2ccc(C(C)C)cc2)c1. The van der Waals surface area contributed by atoms with E-state index in [0.29, 0.717) is 18.9 Å². The molecule has 0 saturated heterocycles.